The highest BCUT2D eigenvalue weighted by Crippen LogP contribution is 2.31. The largest absolute Gasteiger partial charge is 0.368 e. The first kappa shape index (κ1) is 24.9. The maximum atomic E-state index is 13.2. The fourth-order valence-corrected chi connectivity index (χ4v) is 5.86. The number of imide groups is 1. The van der Waals surface area contributed by atoms with Gasteiger partial charge in [0.05, 0.1) is 0 Å². The Morgan fingerprint density at radius 1 is 0.821 bits per heavy atom. The van der Waals surface area contributed by atoms with Crippen molar-refractivity contribution in [1.29, 1.82) is 0 Å². The molecule has 1 N–H and O–H groups in total. The molecule has 6 rings (SSSR count). The highest BCUT2D eigenvalue weighted by Gasteiger charge is 2.39. The molecule has 0 saturated carbocycles. The van der Waals surface area contributed by atoms with Crippen LogP contribution in [0.15, 0.2) is 59.5 Å². The Bertz CT molecular complexity index is 1510. The maximum Gasteiger partial charge on any atom is 0.255 e. The molecular weight excluding hydrogens is 494 g/mol. The Morgan fingerprint density at radius 3 is 2.15 bits per heavy atom. The number of fused-ring (bicyclic) bond motifs is 1. The average molecular weight is 526 g/mol. The standard InChI is InChI=1S/C30H31N5O4/c1-19-15-22(17-32(2)29(19)38)20-3-6-23(7-4-20)33-11-13-34(14-12-33)24-8-5-21-18-35(30(39)25(21)16-24)26-9-10-27(36)31-28(26)37/h3-8,15-17,26H,9-14,18H2,1-2H3,(H,31,36,37). The molecule has 9 nitrogen and oxygen atoms in total. The van der Waals surface area contributed by atoms with E-state index in [4.69, 9.17) is 0 Å². The van der Waals surface area contributed by atoms with Crippen molar-refractivity contribution in [3.63, 3.8) is 0 Å². The Hall–Kier alpha value is -4.40. The molecule has 0 spiro atoms. The lowest BCUT2D eigenvalue weighted by molar-refractivity contribution is -0.136. The van der Waals surface area contributed by atoms with E-state index in [9.17, 15) is 19.2 Å². The zero-order chi connectivity index (χ0) is 27.3. The Balaban J connectivity index is 1.11. The van der Waals surface area contributed by atoms with E-state index in [-0.39, 0.29) is 29.7 Å². The fraction of sp³-hybridized carbons (Fsp3) is 0.333. The minimum absolute atomic E-state index is 0.0209. The van der Waals surface area contributed by atoms with Crippen LogP contribution < -0.4 is 20.7 Å². The molecule has 2 aromatic carbocycles. The van der Waals surface area contributed by atoms with Crippen LogP contribution in [-0.2, 0) is 23.2 Å². The van der Waals surface area contributed by atoms with Crippen LogP contribution in [0.2, 0.25) is 0 Å². The van der Waals surface area contributed by atoms with Gasteiger partial charge in [0, 0.05) is 74.9 Å². The van der Waals surface area contributed by atoms with Crippen molar-refractivity contribution in [2.24, 2.45) is 7.05 Å². The van der Waals surface area contributed by atoms with Gasteiger partial charge in [-0.15, -0.1) is 0 Å². The van der Waals surface area contributed by atoms with E-state index in [0.29, 0.717) is 18.5 Å². The Kier molecular flexibility index (Phi) is 6.21. The zero-order valence-corrected chi connectivity index (χ0v) is 22.1. The molecule has 9 heteroatoms. The van der Waals surface area contributed by atoms with Crippen LogP contribution in [0.1, 0.15) is 34.3 Å². The molecule has 1 aromatic heterocycles. The van der Waals surface area contributed by atoms with Crippen LogP contribution in [0, 0.1) is 6.92 Å². The third kappa shape index (κ3) is 4.58. The Morgan fingerprint density at radius 2 is 1.49 bits per heavy atom. The van der Waals surface area contributed by atoms with Crippen molar-refractivity contribution >= 4 is 29.1 Å². The van der Waals surface area contributed by atoms with Crippen molar-refractivity contribution < 1.29 is 14.4 Å². The Labute approximate surface area is 226 Å². The molecule has 1 unspecified atom stereocenters. The van der Waals surface area contributed by atoms with Gasteiger partial charge in [-0.05, 0) is 60.4 Å². The number of aryl methyl sites for hydroxylation is 2. The number of piperazine rings is 1. The highest BCUT2D eigenvalue weighted by atomic mass is 16.2. The molecular formula is C30H31N5O4. The van der Waals surface area contributed by atoms with Gasteiger partial charge in [0.25, 0.3) is 11.5 Å². The van der Waals surface area contributed by atoms with Crippen molar-refractivity contribution in [2.45, 2.75) is 32.4 Å². The summed E-state index contributed by atoms with van der Waals surface area (Å²) in [4.78, 5) is 55.3. The molecule has 2 fully saturated rings. The number of amides is 3. The van der Waals surface area contributed by atoms with Crippen LogP contribution in [-0.4, -0.2) is 59.4 Å². The van der Waals surface area contributed by atoms with Crippen molar-refractivity contribution in [1.82, 2.24) is 14.8 Å². The monoisotopic (exact) mass is 525 g/mol. The van der Waals surface area contributed by atoms with Crippen molar-refractivity contribution in [3.8, 4) is 11.1 Å². The van der Waals surface area contributed by atoms with Gasteiger partial charge in [-0.1, -0.05) is 18.2 Å². The van der Waals surface area contributed by atoms with Crippen molar-refractivity contribution in [2.75, 3.05) is 36.0 Å². The molecule has 4 heterocycles. The van der Waals surface area contributed by atoms with Crippen LogP contribution >= 0.6 is 0 Å². The number of carbonyl (C=O) groups is 3. The first-order valence-corrected chi connectivity index (χ1v) is 13.3. The summed E-state index contributed by atoms with van der Waals surface area (Å²) in [6.45, 7) is 5.59. The SMILES string of the molecule is Cc1cc(-c2ccc(N3CCN(c4ccc5c(c4)C(=O)N(C4CCC(=O)NC4=O)C5)CC3)cc2)cn(C)c1=O. The van der Waals surface area contributed by atoms with Crippen LogP contribution in [0.4, 0.5) is 11.4 Å². The fourth-order valence-electron chi connectivity index (χ4n) is 5.86. The van der Waals surface area contributed by atoms with Gasteiger partial charge < -0.3 is 19.3 Å². The predicted octanol–water partition coefficient (Wildman–Crippen LogP) is 2.45. The lowest BCUT2D eigenvalue weighted by atomic mass is 10.0. The summed E-state index contributed by atoms with van der Waals surface area (Å²) in [5.74, 6) is -0.813. The number of piperidine rings is 1. The van der Waals surface area contributed by atoms with Crippen LogP contribution in [0.5, 0.6) is 0 Å². The summed E-state index contributed by atoms with van der Waals surface area (Å²) in [5, 5.41) is 2.35. The van der Waals surface area contributed by atoms with E-state index in [1.165, 1.54) is 0 Å². The second-order valence-corrected chi connectivity index (χ2v) is 10.6. The van der Waals surface area contributed by atoms with Gasteiger partial charge in [-0.2, -0.15) is 0 Å². The number of benzene rings is 2. The van der Waals surface area contributed by atoms with E-state index in [2.05, 4.69) is 45.4 Å². The van der Waals surface area contributed by atoms with Gasteiger partial charge in [-0.3, -0.25) is 24.5 Å². The summed E-state index contributed by atoms with van der Waals surface area (Å²) >= 11 is 0. The third-order valence-electron chi connectivity index (χ3n) is 8.08. The second kappa shape index (κ2) is 9.72. The summed E-state index contributed by atoms with van der Waals surface area (Å²) in [7, 11) is 1.78. The van der Waals surface area contributed by atoms with Gasteiger partial charge in [-0.25, -0.2) is 0 Å². The minimum atomic E-state index is -0.598. The number of aromatic nitrogens is 1. The quantitative estimate of drug-likeness (QED) is 0.526. The van der Waals surface area contributed by atoms with Crippen molar-refractivity contribution in [3.05, 3.63) is 81.8 Å². The second-order valence-electron chi connectivity index (χ2n) is 10.6. The number of nitrogens with one attached hydrogen (secondary N) is 1. The summed E-state index contributed by atoms with van der Waals surface area (Å²) in [6, 6.07) is 15.8. The van der Waals surface area contributed by atoms with Crippen LogP contribution in [0.25, 0.3) is 11.1 Å². The molecule has 200 valence electrons. The number of rotatable bonds is 4. The number of hydrogen-bond donors (Lipinski definition) is 1. The normalized spacial score (nSPS) is 19.4. The van der Waals surface area contributed by atoms with E-state index in [1.54, 1.807) is 16.5 Å². The van der Waals surface area contributed by atoms with E-state index in [1.807, 2.05) is 31.3 Å². The first-order chi connectivity index (χ1) is 18.8. The van der Waals surface area contributed by atoms with E-state index >= 15 is 0 Å². The summed E-state index contributed by atoms with van der Waals surface area (Å²) in [5.41, 5.74) is 6.57. The van der Waals surface area contributed by atoms with Gasteiger partial charge in [0.1, 0.15) is 6.04 Å². The number of nitrogens with zero attached hydrogens (tertiary/aromatic N) is 4. The average Bonchev–Trinajstić information content (AvgIpc) is 3.27. The molecule has 3 aliphatic heterocycles. The molecule has 39 heavy (non-hydrogen) atoms. The van der Waals surface area contributed by atoms with Gasteiger partial charge in [0.2, 0.25) is 11.8 Å². The number of hydrogen-bond acceptors (Lipinski definition) is 6. The lowest BCUT2D eigenvalue weighted by Crippen LogP contribution is -2.52. The first-order valence-electron chi connectivity index (χ1n) is 13.3. The molecule has 3 amide bonds. The van der Waals surface area contributed by atoms with E-state index < -0.39 is 6.04 Å². The lowest BCUT2D eigenvalue weighted by Gasteiger charge is -2.37. The van der Waals surface area contributed by atoms with Gasteiger partial charge >= 0.3 is 0 Å². The van der Waals surface area contributed by atoms with Crippen LogP contribution in [0.3, 0.4) is 0 Å². The minimum Gasteiger partial charge on any atom is -0.368 e. The zero-order valence-electron chi connectivity index (χ0n) is 22.1. The molecule has 1 atom stereocenters. The van der Waals surface area contributed by atoms with E-state index in [0.717, 1.165) is 59.8 Å². The molecule has 3 aromatic rings. The predicted molar refractivity (Wildman–Crippen MR) is 149 cm³/mol. The molecule has 0 aliphatic carbocycles. The summed E-state index contributed by atoms with van der Waals surface area (Å²) < 4.78 is 1.62. The number of anilines is 2. The number of pyridine rings is 1. The topological polar surface area (TPSA) is 95.0 Å². The smallest absolute Gasteiger partial charge is 0.255 e. The maximum absolute atomic E-state index is 13.2. The number of carbonyl (C=O) groups excluding carboxylic acids is 3. The highest BCUT2D eigenvalue weighted by molar-refractivity contribution is 6.05. The molecule has 0 radical (unpaired) electrons. The molecule has 3 aliphatic rings. The molecule has 0 bridgehead atoms. The summed E-state index contributed by atoms with van der Waals surface area (Å²) in [6.07, 6.45) is 2.49. The molecule has 2 saturated heterocycles. The van der Waals surface area contributed by atoms with Gasteiger partial charge in [0.15, 0.2) is 0 Å². The third-order valence-corrected chi connectivity index (χ3v) is 8.08.